The van der Waals surface area contributed by atoms with Crippen LogP contribution in [0, 0.1) is 25.5 Å². The zero-order valence-corrected chi connectivity index (χ0v) is 16.9. The molecule has 0 amide bonds. The Morgan fingerprint density at radius 3 is 2.11 bits per heavy atom. The summed E-state index contributed by atoms with van der Waals surface area (Å²) in [6, 6.07) is 2.25. The summed E-state index contributed by atoms with van der Waals surface area (Å²) >= 11 is 0. The van der Waals surface area contributed by atoms with Gasteiger partial charge in [-0.05, 0) is 32.4 Å². The van der Waals surface area contributed by atoms with E-state index in [2.05, 4.69) is 10.2 Å². The van der Waals surface area contributed by atoms with E-state index >= 15 is 0 Å². The summed E-state index contributed by atoms with van der Waals surface area (Å²) in [5, 5.41) is 6.53. The normalized spacial score (nSPS) is 17.6. The highest BCUT2D eigenvalue weighted by atomic mass is 32.2. The maximum absolute atomic E-state index is 14.0. The number of hydrogen-bond acceptors (Lipinski definition) is 5. The minimum absolute atomic E-state index is 0.0223. The molecule has 0 radical (unpaired) electrons. The fourth-order valence-corrected chi connectivity index (χ4v) is 6.54. The lowest BCUT2D eigenvalue weighted by molar-refractivity contribution is 0.402. The molecule has 0 saturated carbocycles. The number of nitrogens with one attached hydrogen (secondary N) is 1. The Morgan fingerprint density at radius 1 is 0.964 bits per heavy atom. The Morgan fingerprint density at radius 2 is 1.57 bits per heavy atom. The molecule has 1 aromatic carbocycles. The molecule has 1 fully saturated rings. The molecule has 0 spiro atoms. The van der Waals surface area contributed by atoms with Gasteiger partial charge in [-0.15, -0.1) is 0 Å². The van der Waals surface area contributed by atoms with Crippen molar-refractivity contribution in [2.24, 2.45) is 0 Å². The maximum atomic E-state index is 14.0. The first kappa shape index (κ1) is 20.8. The van der Waals surface area contributed by atoms with Gasteiger partial charge in [-0.1, -0.05) is 0 Å². The molecule has 1 saturated heterocycles. The molecule has 0 atom stereocenters. The van der Waals surface area contributed by atoms with Crippen molar-refractivity contribution in [3.63, 3.8) is 0 Å². The average molecular weight is 434 g/mol. The minimum atomic E-state index is -4.22. The Kier molecular flexibility index (Phi) is 5.58. The molecule has 28 heavy (non-hydrogen) atoms. The molecule has 2 heterocycles. The molecule has 0 unspecified atom stereocenters. The Labute approximate surface area is 162 Å². The molecule has 0 bridgehead atoms. The highest BCUT2D eigenvalue weighted by Crippen LogP contribution is 2.25. The Bertz CT molecular complexity index is 1080. The third kappa shape index (κ3) is 3.69. The van der Waals surface area contributed by atoms with Crippen LogP contribution in [0.2, 0.25) is 0 Å². The van der Waals surface area contributed by atoms with Gasteiger partial charge in [-0.25, -0.2) is 25.6 Å². The van der Waals surface area contributed by atoms with Crippen molar-refractivity contribution in [2.45, 2.75) is 30.1 Å². The van der Waals surface area contributed by atoms with Crippen LogP contribution in [0.1, 0.15) is 17.8 Å². The fourth-order valence-electron chi connectivity index (χ4n) is 3.22. The van der Waals surface area contributed by atoms with E-state index in [1.54, 1.807) is 13.8 Å². The molecule has 3 rings (SSSR count). The van der Waals surface area contributed by atoms with E-state index in [0.29, 0.717) is 17.5 Å². The number of sulfonamides is 2. The molecule has 1 aliphatic rings. The third-order valence-electron chi connectivity index (χ3n) is 4.58. The van der Waals surface area contributed by atoms with E-state index in [4.69, 9.17) is 0 Å². The SMILES string of the molecule is Cc1n[nH]c(C)c1S(=O)(=O)N1CCCN(S(=O)(=O)c2ccc(F)cc2F)CC1. The van der Waals surface area contributed by atoms with E-state index in [0.717, 1.165) is 16.4 Å². The molecule has 1 N–H and O–H groups in total. The molecule has 8 nitrogen and oxygen atoms in total. The van der Waals surface area contributed by atoms with Gasteiger partial charge in [0.05, 0.1) is 11.4 Å². The van der Waals surface area contributed by atoms with E-state index in [1.807, 2.05) is 0 Å². The van der Waals surface area contributed by atoms with Crippen molar-refractivity contribution in [1.82, 2.24) is 18.8 Å². The molecule has 2 aromatic rings. The summed E-state index contributed by atoms with van der Waals surface area (Å²) in [6.45, 7) is 3.07. The molecular weight excluding hydrogens is 414 g/mol. The van der Waals surface area contributed by atoms with Gasteiger partial charge in [0.2, 0.25) is 20.0 Å². The number of aromatic amines is 1. The lowest BCUT2D eigenvalue weighted by Gasteiger charge is -2.22. The average Bonchev–Trinajstić information content (AvgIpc) is 2.81. The van der Waals surface area contributed by atoms with Crippen molar-refractivity contribution >= 4 is 20.0 Å². The highest BCUT2D eigenvalue weighted by Gasteiger charge is 2.34. The Balaban J connectivity index is 1.85. The monoisotopic (exact) mass is 434 g/mol. The van der Waals surface area contributed by atoms with Gasteiger partial charge in [0.15, 0.2) is 0 Å². The topological polar surface area (TPSA) is 103 Å². The third-order valence-corrected chi connectivity index (χ3v) is 8.68. The van der Waals surface area contributed by atoms with Gasteiger partial charge in [0.1, 0.15) is 21.4 Å². The van der Waals surface area contributed by atoms with Gasteiger partial charge in [0.25, 0.3) is 0 Å². The van der Waals surface area contributed by atoms with Crippen LogP contribution in [0.15, 0.2) is 28.0 Å². The quantitative estimate of drug-likeness (QED) is 0.783. The predicted molar refractivity (Wildman–Crippen MR) is 96.6 cm³/mol. The van der Waals surface area contributed by atoms with Crippen LogP contribution in [-0.4, -0.2) is 61.8 Å². The van der Waals surface area contributed by atoms with Crippen LogP contribution < -0.4 is 0 Å². The number of H-pyrrole nitrogens is 1. The first-order chi connectivity index (χ1) is 13.0. The number of nitrogens with zero attached hydrogens (tertiary/aromatic N) is 3. The lowest BCUT2D eigenvalue weighted by atomic mass is 10.3. The lowest BCUT2D eigenvalue weighted by Crippen LogP contribution is -2.37. The number of halogens is 2. The summed E-state index contributed by atoms with van der Waals surface area (Å²) in [5.41, 5.74) is 0.735. The van der Waals surface area contributed by atoms with Crippen LogP contribution in [-0.2, 0) is 20.0 Å². The van der Waals surface area contributed by atoms with Crippen LogP contribution >= 0.6 is 0 Å². The fraction of sp³-hybridized carbons (Fsp3) is 0.438. The van der Waals surface area contributed by atoms with Crippen molar-refractivity contribution in [3.8, 4) is 0 Å². The molecule has 1 aliphatic heterocycles. The zero-order chi connectivity index (χ0) is 20.7. The zero-order valence-electron chi connectivity index (χ0n) is 15.3. The Hall–Kier alpha value is -1.89. The van der Waals surface area contributed by atoms with E-state index in [-0.39, 0.29) is 37.5 Å². The van der Waals surface area contributed by atoms with E-state index in [1.165, 1.54) is 4.31 Å². The first-order valence-electron chi connectivity index (χ1n) is 8.52. The molecule has 154 valence electrons. The molecular formula is C16H20F2N4O4S2. The van der Waals surface area contributed by atoms with Gasteiger partial charge >= 0.3 is 0 Å². The van der Waals surface area contributed by atoms with Gasteiger partial charge in [0, 0.05) is 32.2 Å². The predicted octanol–water partition coefficient (Wildman–Crippen LogP) is 1.39. The van der Waals surface area contributed by atoms with Gasteiger partial charge < -0.3 is 0 Å². The van der Waals surface area contributed by atoms with Crippen molar-refractivity contribution < 1.29 is 25.6 Å². The number of benzene rings is 1. The highest BCUT2D eigenvalue weighted by molar-refractivity contribution is 7.89. The number of hydrogen-bond donors (Lipinski definition) is 1. The minimum Gasteiger partial charge on any atom is -0.281 e. The van der Waals surface area contributed by atoms with Gasteiger partial charge in [-0.2, -0.15) is 13.7 Å². The van der Waals surface area contributed by atoms with Crippen LogP contribution in [0.25, 0.3) is 0 Å². The standard InChI is InChI=1S/C16H20F2N4O4S2/c1-11-16(12(2)20-19-11)28(25,26)22-7-3-6-21(8-9-22)27(23,24)15-5-4-13(17)10-14(15)18/h4-5,10H,3,6-9H2,1-2H3,(H,19,20). The van der Waals surface area contributed by atoms with Crippen LogP contribution in [0.4, 0.5) is 8.78 Å². The van der Waals surface area contributed by atoms with Crippen LogP contribution in [0.5, 0.6) is 0 Å². The van der Waals surface area contributed by atoms with Crippen molar-refractivity contribution in [3.05, 3.63) is 41.2 Å². The summed E-state index contributed by atoms with van der Waals surface area (Å²) < 4.78 is 80.7. The maximum Gasteiger partial charge on any atom is 0.246 e. The van der Waals surface area contributed by atoms with E-state index in [9.17, 15) is 25.6 Å². The largest absolute Gasteiger partial charge is 0.281 e. The first-order valence-corrected chi connectivity index (χ1v) is 11.4. The molecule has 12 heteroatoms. The smallest absolute Gasteiger partial charge is 0.246 e. The van der Waals surface area contributed by atoms with Crippen molar-refractivity contribution in [2.75, 3.05) is 26.2 Å². The molecule has 0 aliphatic carbocycles. The molecule has 1 aromatic heterocycles. The summed E-state index contributed by atoms with van der Waals surface area (Å²) in [4.78, 5) is -0.555. The van der Waals surface area contributed by atoms with Crippen LogP contribution in [0.3, 0.4) is 0 Å². The van der Waals surface area contributed by atoms with Gasteiger partial charge in [-0.3, -0.25) is 5.10 Å². The van der Waals surface area contributed by atoms with E-state index < -0.39 is 36.6 Å². The number of rotatable bonds is 4. The second-order valence-electron chi connectivity index (χ2n) is 6.50. The van der Waals surface area contributed by atoms with Crippen molar-refractivity contribution in [1.29, 1.82) is 0 Å². The number of aryl methyl sites for hydroxylation is 2. The number of aromatic nitrogens is 2. The second kappa shape index (κ2) is 7.50. The summed E-state index contributed by atoms with van der Waals surface area (Å²) in [6.07, 6.45) is 0.233. The second-order valence-corrected chi connectivity index (χ2v) is 10.3. The summed E-state index contributed by atoms with van der Waals surface area (Å²) in [7, 11) is -8.08. The summed E-state index contributed by atoms with van der Waals surface area (Å²) in [5.74, 6) is -2.06.